The van der Waals surface area contributed by atoms with Crippen molar-refractivity contribution in [2.24, 2.45) is 0 Å². The SMILES string of the molecule is CCN(c1ccc(C(=O)NCc2cccc(C)c2)nc1)c1cccc(C)c1. The van der Waals surface area contributed by atoms with Gasteiger partial charge in [-0.15, -0.1) is 0 Å². The molecule has 3 rings (SSSR count). The Kier molecular flexibility index (Phi) is 5.87. The van der Waals surface area contributed by atoms with Crippen molar-refractivity contribution in [3.63, 3.8) is 0 Å². The number of nitrogens with zero attached hydrogens (tertiary/aromatic N) is 2. The van der Waals surface area contributed by atoms with Gasteiger partial charge in [-0.05, 0) is 56.2 Å². The number of hydrogen-bond acceptors (Lipinski definition) is 3. The largest absolute Gasteiger partial charge is 0.347 e. The average molecular weight is 359 g/mol. The summed E-state index contributed by atoms with van der Waals surface area (Å²) in [5.41, 5.74) is 5.99. The quantitative estimate of drug-likeness (QED) is 0.688. The predicted octanol–water partition coefficient (Wildman–Crippen LogP) is 4.79. The normalized spacial score (nSPS) is 10.5. The van der Waals surface area contributed by atoms with E-state index < -0.39 is 0 Å². The molecular weight excluding hydrogens is 334 g/mol. The molecule has 4 nitrogen and oxygen atoms in total. The summed E-state index contributed by atoms with van der Waals surface area (Å²) in [5.74, 6) is -0.165. The smallest absolute Gasteiger partial charge is 0.270 e. The summed E-state index contributed by atoms with van der Waals surface area (Å²) in [6, 6.07) is 20.2. The Balaban J connectivity index is 1.69. The number of amides is 1. The molecule has 0 radical (unpaired) electrons. The van der Waals surface area contributed by atoms with E-state index in [1.54, 1.807) is 12.3 Å². The van der Waals surface area contributed by atoms with Crippen molar-refractivity contribution in [3.05, 3.63) is 89.2 Å². The zero-order valence-corrected chi connectivity index (χ0v) is 16.1. The first kappa shape index (κ1) is 18.6. The van der Waals surface area contributed by atoms with Crippen LogP contribution in [0.15, 0.2) is 66.9 Å². The van der Waals surface area contributed by atoms with Crippen molar-refractivity contribution in [2.75, 3.05) is 11.4 Å². The second-order valence-electron chi connectivity index (χ2n) is 6.66. The fourth-order valence-electron chi connectivity index (χ4n) is 3.09. The molecule has 0 bridgehead atoms. The van der Waals surface area contributed by atoms with Crippen LogP contribution in [-0.2, 0) is 6.54 Å². The van der Waals surface area contributed by atoms with Crippen LogP contribution in [0.1, 0.15) is 34.1 Å². The molecule has 0 aliphatic heterocycles. The molecule has 27 heavy (non-hydrogen) atoms. The summed E-state index contributed by atoms with van der Waals surface area (Å²) >= 11 is 0. The summed E-state index contributed by atoms with van der Waals surface area (Å²) in [7, 11) is 0. The van der Waals surface area contributed by atoms with Gasteiger partial charge in [0, 0.05) is 18.8 Å². The molecular formula is C23H25N3O. The molecule has 0 unspecified atom stereocenters. The third kappa shape index (κ3) is 4.73. The molecule has 0 saturated heterocycles. The third-order valence-corrected chi connectivity index (χ3v) is 4.46. The topological polar surface area (TPSA) is 45.2 Å². The predicted molar refractivity (Wildman–Crippen MR) is 110 cm³/mol. The summed E-state index contributed by atoms with van der Waals surface area (Å²) < 4.78 is 0. The first-order valence-corrected chi connectivity index (χ1v) is 9.21. The van der Waals surface area contributed by atoms with Crippen LogP contribution in [-0.4, -0.2) is 17.4 Å². The van der Waals surface area contributed by atoms with E-state index in [0.29, 0.717) is 12.2 Å². The third-order valence-electron chi connectivity index (χ3n) is 4.46. The summed E-state index contributed by atoms with van der Waals surface area (Å²) in [6.07, 6.45) is 1.76. The van der Waals surface area contributed by atoms with Gasteiger partial charge in [0.2, 0.25) is 0 Å². The molecule has 138 valence electrons. The Morgan fingerprint density at radius 2 is 1.70 bits per heavy atom. The van der Waals surface area contributed by atoms with Crippen LogP contribution < -0.4 is 10.2 Å². The van der Waals surface area contributed by atoms with Gasteiger partial charge < -0.3 is 10.2 Å². The van der Waals surface area contributed by atoms with Crippen molar-refractivity contribution in [3.8, 4) is 0 Å². The van der Waals surface area contributed by atoms with Gasteiger partial charge in [-0.3, -0.25) is 4.79 Å². The van der Waals surface area contributed by atoms with Crippen LogP contribution >= 0.6 is 0 Å². The lowest BCUT2D eigenvalue weighted by atomic mass is 10.1. The minimum Gasteiger partial charge on any atom is -0.347 e. The van der Waals surface area contributed by atoms with Gasteiger partial charge >= 0.3 is 0 Å². The minimum absolute atomic E-state index is 0.165. The van der Waals surface area contributed by atoms with Gasteiger partial charge in [-0.1, -0.05) is 42.0 Å². The lowest BCUT2D eigenvalue weighted by Gasteiger charge is -2.23. The maximum atomic E-state index is 12.4. The number of aromatic nitrogens is 1. The first-order chi connectivity index (χ1) is 13.1. The number of anilines is 2. The van der Waals surface area contributed by atoms with Gasteiger partial charge in [0.25, 0.3) is 5.91 Å². The van der Waals surface area contributed by atoms with Crippen LogP contribution in [0, 0.1) is 13.8 Å². The maximum Gasteiger partial charge on any atom is 0.270 e. The highest BCUT2D eigenvalue weighted by Gasteiger charge is 2.11. The van der Waals surface area contributed by atoms with Crippen molar-refractivity contribution < 1.29 is 4.79 Å². The fraction of sp³-hybridized carbons (Fsp3) is 0.217. The van der Waals surface area contributed by atoms with Crippen molar-refractivity contribution in [1.29, 1.82) is 0 Å². The Hall–Kier alpha value is -3.14. The number of aryl methyl sites for hydroxylation is 2. The van der Waals surface area contributed by atoms with Crippen LogP contribution in [0.4, 0.5) is 11.4 Å². The molecule has 1 N–H and O–H groups in total. The zero-order valence-electron chi connectivity index (χ0n) is 16.1. The molecule has 0 fully saturated rings. The number of benzene rings is 2. The highest BCUT2D eigenvalue weighted by molar-refractivity contribution is 5.92. The molecule has 0 saturated carbocycles. The average Bonchev–Trinajstić information content (AvgIpc) is 2.67. The van der Waals surface area contributed by atoms with Crippen LogP contribution in [0.25, 0.3) is 0 Å². The second-order valence-corrected chi connectivity index (χ2v) is 6.66. The van der Waals surface area contributed by atoms with E-state index in [1.165, 1.54) is 11.1 Å². The Bertz CT molecular complexity index is 919. The van der Waals surface area contributed by atoms with Gasteiger partial charge in [-0.2, -0.15) is 0 Å². The molecule has 0 aliphatic carbocycles. The second kappa shape index (κ2) is 8.49. The highest BCUT2D eigenvalue weighted by Crippen LogP contribution is 2.25. The van der Waals surface area contributed by atoms with Crippen LogP contribution in [0.5, 0.6) is 0 Å². The highest BCUT2D eigenvalue weighted by atomic mass is 16.1. The number of carbonyl (C=O) groups excluding carboxylic acids is 1. The summed E-state index contributed by atoms with van der Waals surface area (Å²) in [6.45, 7) is 7.54. The van der Waals surface area contributed by atoms with Gasteiger partial charge in [0.05, 0.1) is 11.9 Å². The number of carbonyl (C=O) groups is 1. The number of nitrogens with one attached hydrogen (secondary N) is 1. The van der Waals surface area contributed by atoms with E-state index in [4.69, 9.17) is 0 Å². The van der Waals surface area contributed by atoms with Crippen molar-refractivity contribution in [2.45, 2.75) is 27.3 Å². The molecule has 4 heteroatoms. The number of pyridine rings is 1. The zero-order chi connectivity index (χ0) is 19.2. The van der Waals surface area contributed by atoms with Gasteiger partial charge in [0.15, 0.2) is 0 Å². The lowest BCUT2D eigenvalue weighted by molar-refractivity contribution is 0.0946. The Morgan fingerprint density at radius 3 is 2.33 bits per heavy atom. The molecule has 0 atom stereocenters. The van der Waals surface area contributed by atoms with E-state index >= 15 is 0 Å². The van der Waals surface area contributed by atoms with E-state index in [9.17, 15) is 4.79 Å². The molecule has 0 spiro atoms. The van der Waals surface area contributed by atoms with Crippen molar-refractivity contribution >= 4 is 17.3 Å². The maximum absolute atomic E-state index is 12.4. The van der Waals surface area contributed by atoms with Crippen molar-refractivity contribution in [1.82, 2.24) is 10.3 Å². The van der Waals surface area contributed by atoms with Crippen LogP contribution in [0.2, 0.25) is 0 Å². The summed E-state index contributed by atoms with van der Waals surface area (Å²) in [5, 5.41) is 2.93. The monoisotopic (exact) mass is 359 g/mol. The van der Waals surface area contributed by atoms with E-state index in [0.717, 1.165) is 23.5 Å². The fourth-order valence-corrected chi connectivity index (χ4v) is 3.09. The standard InChI is InChI=1S/C23H25N3O/c1-4-26(20-10-6-8-18(3)14-20)21-11-12-22(24-16-21)23(27)25-15-19-9-5-7-17(2)13-19/h5-14,16H,4,15H2,1-3H3,(H,25,27). The lowest BCUT2D eigenvalue weighted by Crippen LogP contribution is -2.24. The molecule has 1 heterocycles. The Labute approximate surface area is 160 Å². The number of hydrogen-bond donors (Lipinski definition) is 1. The molecule has 2 aromatic carbocycles. The van der Waals surface area contributed by atoms with Gasteiger partial charge in [-0.25, -0.2) is 4.98 Å². The minimum atomic E-state index is -0.165. The molecule has 0 aliphatic rings. The number of rotatable bonds is 6. The molecule has 3 aromatic rings. The van der Waals surface area contributed by atoms with Crippen LogP contribution in [0.3, 0.4) is 0 Å². The first-order valence-electron chi connectivity index (χ1n) is 9.21. The van der Waals surface area contributed by atoms with E-state index in [1.807, 2.05) is 37.3 Å². The Morgan fingerprint density at radius 1 is 0.963 bits per heavy atom. The van der Waals surface area contributed by atoms with E-state index in [2.05, 4.69) is 53.3 Å². The molecule has 1 amide bonds. The molecule has 1 aromatic heterocycles. The van der Waals surface area contributed by atoms with Gasteiger partial charge in [0.1, 0.15) is 5.69 Å². The van der Waals surface area contributed by atoms with E-state index in [-0.39, 0.29) is 5.91 Å². The summed E-state index contributed by atoms with van der Waals surface area (Å²) in [4.78, 5) is 18.9.